The van der Waals surface area contributed by atoms with Crippen LogP contribution in [-0.4, -0.2) is 56.8 Å². The van der Waals surface area contributed by atoms with Gasteiger partial charge in [-0.15, -0.1) is 0 Å². The third-order valence-electron chi connectivity index (χ3n) is 5.19. The van der Waals surface area contributed by atoms with Gasteiger partial charge in [0.15, 0.2) is 0 Å². The van der Waals surface area contributed by atoms with Crippen LogP contribution in [0.5, 0.6) is 0 Å². The Hall–Kier alpha value is -2.75. The van der Waals surface area contributed by atoms with E-state index in [1.54, 1.807) is 4.90 Å². The van der Waals surface area contributed by atoms with E-state index in [2.05, 4.69) is 5.32 Å². The van der Waals surface area contributed by atoms with Gasteiger partial charge in [-0.3, -0.25) is 14.4 Å². The van der Waals surface area contributed by atoms with Crippen molar-refractivity contribution in [2.45, 2.75) is 17.7 Å². The number of hydroxylamine groups is 1. The van der Waals surface area contributed by atoms with Crippen molar-refractivity contribution >= 4 is 27.5 Å². The molecule has 0 bridgehead atoms. The minimum absolute atomic E-state index is 0.0369. The number of para-hydroxylation sites is 1. The van der Waals surface area contributed by atoms with Crippen molar-refractivity contribution in [2.75, 3.05) is 32.6 Å². The van der Waals surface area contributed by atoms with E-state index in [9.17, 15) is 18.0 Å². The maximum absolute atomic E-state index is 12.8. The molecule has 0 radical (unpaired) electrons. The summed E-state index contributed by atoms with van der Waals surface area (Å²) in [6, 6.07) is 15.0. The third kappa shape index (κ3) is 4.86. The first-order valence-electron chi connectivity index (χ1n) is 9.61. The summed E-state index contributed by atoms with van der Waals surface area (Å²) in [6.45, 7) is 0.941. The zero-order chi connectivity index (χ0) is 21.7. The molecule has 2 aromatic carbocycles. The average Bonchev–Trinajstić information content (AvgIpc) is 2.78. The van der Waals surface area contributed by atoms with Crippen LogP contribution in [0.25, 0.3) is 0 Å². The van der Waals surface area contributed by atoms with Crippen LogP contribution >= 0.6 is 0 Å². The highest BCUT2D eigenvalue weighted by atomic mass is 32.2. The fourth-order valence-corrected chi connectivity index (χ4v) is 4.28. The molecule has 9 heteroatoms. The molecule has 0 aromatic heterocycles. The number of piperidine rings is 1. The van der Waals surface area contributed by atoms with E-state index in [4.69, 9.17) is 4.84 Å². The Kier molecular flexibility index (Phi) is 6.86. The van der Waals surface area contributed by atoms with Gasteiger partial charge in [0.05, 0.1) is 12.0 Å². The zero-order valence-corrected chi connectivity index (χ0v) is 17.8. The maximum atomic E-state index is 12.8. The number of hydrogen-bond donors (Lipinski definition) is 1. The maximum Gasteiger partial charge on any atom is 0.264 e. The summed E-state index contributed by atoms with van der Waals surface area (Å²) < 4.78 is 25.2. The first kappa shape index (κ1) is 21.9. The highest BCUT2D eigenvalue weighted by Gasteiger charge is 2.28. The fraction of sp³-hybridized carbons (Fsp3) is 0.333. The van der Waals surface area contributed by atoms with Gasteiger partial charge in [0.25, 0.3) is 15.9 Å². The van der Waals surface area contributed by atoms with E-state index in [1.807, 2.05) is 30.3 Å². The normalized spacial score (nSPS) is 15.2. The molecule has 1 aliphatic rings. The molecule has 3 rings (SSSR count). The molecule has 0 saturated carbocycles. The Morgan fingerprint density at radius 2 is 1.63 bits per heavy atom. The van der Waals surface area contributed by atoms with Crippen LogP contribution in [0.4, 0.5) is 5.69 Å². The standard InChI is InChI=1S/C21H25N3O5S/c1-23(29-2)30(27,28)19-10-8-17(9-11-19)21(26)24-14-12-16(13-15-24)20(25)22-18-6-4-3-5-7-18/h3-11,16H,12-15H2,1-2H3,(H,22,25). The summed E-state index contributed by atoms with van der Waals surface area (Å²) in [7, 11) is -1.20. The van der Waals surface area contributed by atoms with Gasteiger partial charge in [0, 0.05) is 37.3 Å². The SMILES string of the molecule is CON(C)S(=O)(=O)c1ccc(C(=O)N2CCC(C(=O)Nc3ccccc3)CC2)cc1. The Morgan fingerprint density at radius 1 is 1.03 bits per heavy atom. The van der Waals surface area contributed by atoms with Gasteiger partial charge in [-0.05, 0) is 49.2 Å². The second-order valence-corrected chi connectivity index (χ2v) is 8.98. The predicted octanol–water partition coefficient (Wildman–Crippen LogP) is 2.36. The molecule has 0 spiro atoms. The lowest BCUT2D eigenvalue weighted by Gasteiger charge is -2.31. The van der Waals surface area contributed by atoms with Crippen molar-refractivity contribution in [2.24, 2.45) is 5.92 Å². The molecule has 1 fully saturated rings. The van der Waals surface area contributed by atoms with Gasteiger partial charge in [-0.1, -0.05) is 22.7 Å². The largest absolute Gasteiger partial charge is 0.339 e. The van der Waals surface area contributed by atoms with Crippen molar-refractivity contribution in [1.82, 2.24) is 9.37 Å². The number of carbonyl (C=O) groups excluding carboxylic acids is 2. The smallest absolute Gasteiger partial charge is 0.264 e. The van der Waals surface area contributed by atoms with Crippen molar-refractivity contribution < 1.29 is 22.8 Å². The van der Waals surface area contributed by atoms with Crippen LogP contribution in [0.15, 0.2) is 59.5 Å². The first-order chi connectivity index (χ1) is 14.3. The second kappa shape index (κ2) is 9.38. The van der Waals surface area contributed by atoms with Crippen LogP contribution in [0.1, 0.15) is 23.2 Å². The monoisotopic (exact) mass is 431 g/mol. The molecule has 1 saturated heterocycles. The van der Waals surface area contributed by atoms with Crippen molar-refractivity contribution in [3.05, 3.63) is 60.2 Å². The molecule has 30 heavy (non-hydrogen) atoms. The Morgan fingerprint density at radius 3 is 2.20 bits per heavy atom. The number of nitrogens with zero attached hydrogens (tertiary/aromatic N) is 2. The van der Waals surface area contributed by atoms with E-state index < -0.39 is 10.0 Å². The summed E-state index contributed by atoms with van der Waals surface area (Å²) in [5.41, 5.74) is 1.16. The van der Waals surface area contributed by atoms with Crippen molar-refractivity contribution in [3.8, 4) is 0 Å². The first-order valence-corrected chi connectivity index (χ1v) is 11.0. The molecule has 1 aliphatic heterocycles. The average molecular weight is 432 g/mol. The van der Waals surface area contributed by atoms with Crippen LogP contribution in [-0.2, 0) is 19.7 Å². The Labute approximate surface area is 176 Å². The van der Waals surface area contributed by atoms with Crippen LogP contribution in [0.2, 0.25) is 0 Å². The fourth-order valence-electron chi connectivity index (χ4n) is 3.31. The summed E-state index contributed by atoms with van der Waals surface area (Å²) in [5, 5.41) is 2.91. The molecule has 0 aliphatic carbocycles. The van der Waals surface area contributed by atoms with Crippen LogP contribution in [0, 0.1) is 5.92 Å². The number of amides is 2. The Balaban J connectivity index is 1.58. The zero-order valence-electron chi connectivity index (χ0n) is 16.9. The lowest BCUT2D eigenvalue weighted by Crippen LogP contribution is -2.41. The van der Waals surface area contributed by atoms with Crippen molar-refractivity contribution in [1.29, 1.82) is 0 Å². The second-order valence-electron chi connectivity index (χ2n) is 7.04. The number of likely N-dealkylation sites (tertiary alicyclic amines) is 1. The highest BCUT2D eigenvalue weighted by molar-refractivity contribution is 7.89. The molecular formula is C21H25N3O5S. The number of anilines is 1. The number of sulfonamides is 1. The van der Waals surface area contributed by atoms with E-state index >= 15 is 0 Å². The van der Waals surface area contributed by atoms with Gasteiger partial charge in [-0.2, -0.15) is 0 Å². The van der Waals surface area contributed by atoms with Gasteiger partial charge in [0.1, 0.15) is 0 Å². The third-order valence-corrected chi connectivity index (χ3v) is 6.88. The van der Waals surface area contributed by atoms with E-state index in [1.165, 1.54) is 38.4 Å². The molecule has 0 atom stereocenters. The lowest BCUT2D eigenvalue weighted by molar-refractivity contribution is -0.121. The van der Waals surface area contributed by atoms with Gasteiger partial charge in [0.2, 0.25) is 5.91 Å². The molecule has 2 aromatic rings. The van der Waals surface area contributed by atoms with E-state index in [0.29, 0.717) is 31.5 Å². The summed E-state index contributed by atoms with van der Waals surface area (Å²) in [5.74, 6) is -0.363. The summed E-state index contributed by atoms with van der Waals surface area (Å²) in [6.07, 6.45) is 1.16. The molecular weight excluding hydrogens is 406 g/mol. The number of rotatable bonds is 6. The number of hydrogen-bond acceptors (Lipinski definition) is 5. The summed E-state index contributed by atoms with van der Waals surface area (Å²) in [4.78, 5) is 31.7. The topological polar surface area (TPSA) is 96.0 Å². The van der Waals surface area contributed by atoms with Crippen molar-refractivity contribution in [3.63, 3.8) is 0 Å². The van der Waals surface area contributed by atoms with Gasteiger partial charge >= 0.3 is 0 Å². The number of benzene rings is 2. The number of carbonyl (C=O) groups is 2. The molecule has 0 unspecified atom stereocenters. The quantitative estimate of drug-likeness (QED) is 0.709. The van der Waals surface area contributed by atoms with Gasteiger partial charge < -0.3 is 10.2 Å². The minimum atomic E-state index is -3.76. The van der Waals surface area contributed by atoms with Gasteiger partial charge in [-0.25, -0.2) is 8.42 Å². The molecule has 1 N–H and O–H groups in total. The molecule has 160 valence electrons. The molecule has 2 amide bonds. The molecule has 8 nitrogen and oxygen atoms in total. The molecule has 1 heterocycles. The Bertz CT molecular complexity index is 985. The highest BCUT2D eigenvalue weighted by Crippen LogP contribution is 2.22. The number of nitrogens with one attached hydrogen (secondary N) is 1. The van der Waals surface area contributed by atoms with E-state index in [0.717, 1.165) is 10.2 Å². The van der Waals surface area contributed by atoms with Crippen LogP contribution in [0.3, 0.4) is 0 Å². The minimum Gasteiger partial charge on any atom is -0.339 e. The predicted molar refractivity (Wildman–Crippen MR) is 112 cm³/mol. The summed E-state index contributed by atoms with van der Waals surface area (Å²) >= 11 is 0. The lowest BCUT2D eigenvalue weighted by atomic mass is 9.95. The van der Waals surface area contributed by atoms with E-state index in [-0.39, 0.29) is 22.6 Å². The van der Waals surface area contributed by atoms with Crippen LogP contribution < -0.4 is 5.32 Å².